The van der Waals surface area contributed by atoms with Gasteiger partial charge in [-0.15, -0.1) is 0 Å². The Morgan fingerprint density at radius 3 is 2.38 bits per heavy atom. The molecule has 0 aliphatic carbocycles. The van der Waals surface area contributed by atoms with Crippen LogP contribution in [0, 0.1) is 25.2 Å². The van der Waals surface area contributed by atoms with Gasteiger partial charge in [0.05, 0.1) is 22.8 Å². The molecule has 1 heterocycles. The van der Waals surface area contributed by atoms with Crippen molar-refractivity contribution in [1.29, 1.82) is 5.26 Å². The highest BCUT2D eigenvalue weighted by molar-refractivity contribution is 6.32. The van der Waals surface area contributed by atoms with Crippen molar-refractivity contribution in [2.45, 2.75) is 40.2 Å². The van der Waals surface area contributed by atoms with Gasteiger partial charge in [-0.3, -0.25) is 4.68 Å². The van der Waals surface area contributed by atoms with Crippen molar-refractivity contribution in [3.05, 3.63) is 75.4 Å². The van der Waals surface area contributed by atoms with Crippen molar-refractivity contribution in [1.82, 2.24) is 9.78 Å². The van der Waals surface area contributed by atoms with Crippen LogP contribution >= 0.6 is 11.6 Å². The fourth-order valence-electron chi connectivity index (χ4n) is 3.00. The summed E-state index contributed by atoms with van der Waals surface area (Å²) >= 11 is 6.19. The highest BCUT2D eigenvalue weighted by Gasteiger charge is 2.14. The molecular weight excluding hydrogens is 342 g/mol. The second kappa shape index (κ2) is 7.35. The topological polar surface area (TPSA) is 41.6 Å². The van der Waals surface area contributed by atoms with E-state index < -0.39 is 0 Å². The summed E-state index contributed by atoms with van der Waals surface area (Å²) in [7, 11) is 0. The third kappa shape index (κ3) is 3.52. The van der Waals surface area contributed by atoms with Gasteiger partial charge in [-0.2, -0.15) is 10.4 Å². The minimum Gasteiger partial charge on any atom is -0.265 e. The molecule has 3 aromatic rings. The second-order valence-corrected chi connectivity index (χ2v) is 7.33. The summed E-state index contributed by atoms with van der Waals surface area (Å²) in [5, 5.41) is 14.3. The van der Waals surface area contributed by atoms with E-state index in [-0.39, 0.29) is 0 Å². The van der Waals surface area contributed by atoms with Crippen LogP contribution in [0.15, 0.2) is 42.5 Å². The van der Waals surface area contributed by atoms with Crippen molar-refractivity contribution in [3.63, 3.8) is 0 Å². The molecule has 0 atom stereocenters. The third-order valence-electron chi connectivity index (χ3n) is 4.85. The van der Waals surface area contributed by atoms with Gasteiger partial charge >= 0.3 is 0 Å². The molecule has 0 unspecified atom stereocenters. The maximum Gasteiger partial charge on any atom is 0.101 e. The number of nitriles is 1. The molecular formula is C22H22ClN3. The largest absolute Gasteiger partial charge is 0.265 e. The highest BCUT2D eigenvalue weighted by Crippen LogP contribution is 2.28. The van der Waals surface area contributed by atoms with Crippen LogP contribution in [0.4, 0.5) is 0 Å². The normalized spacial score (nSPS) is 11.0. The molecule has 2 aromatic carbocycles. The molecule has 0 fully saturated rings. The zero-order chi connectivity index (χ0) is 18.8. The first kappa shape index (κ1) is 18.2. The van der Waals surface area contributed by atoms with Crippen LogP contribution in [0.25, 0.3) is 11.3 Å². The van der Waals surface area contributed by atoms with E-state index in [0.717, 1.165) is 29.1 Å². The number of halogens is 1. The van der Waals surface area contributed by atoms with Crippen LogP contribution in [-0.2, 0) is 6.54 Å². The van der Waals surface area contributed by atoms with Crippen LogP contribution in [0.3, 0.4) is 0 Å². The van der Waals surface area contributed by atoms with Gasteiger partial charge in [-0.05, 0) is 48.6 Å². The molecule has 4 heteroatoms. The molecule has 0 aliphatic rings. The minimum absolute atomic E-state index is 0.459. The predicted octanol–water partition coefficient (Wildman–Crippen LogP) is 5.86. The molecule has 0 aliphatic heterocycles. The van der Waals surface area contributed by atoms with Gasteiger partial charge in [0, 0.05) is 11.3 Å². The van der Waals surface area contributed by atoms with E-state index in [1.54, 1.807) is 6.07 Å². The Kier molecular flexibility index (Phi) is 5.15. The van der Waals surface area contributed by atoms with Crippen molar-refractivity contribution in [2.75, 3.05) is 0 Å². The maximum absolute atomic E-state index is 9.05. The molecule has 0 amide bonds. The summed E-state index contributed by atoms with van der Waals surface area (Å²) < 4.78 is 2.03. The van der Waals surface area contributed by atoms with E-state index in [0.29, 0.717) is 16.5 Å². The molecule has 1 aromatic heterocycles. The SMILES string of the molecule is Cc1c(-c2ccc(C#N)c(Cl)c2)nn(Cc2ccc(C(C)C)cc2)c1C. The fourth-order valence-corrected chi connectivity index (χ4v) is 3.22. The second-order valence-electron chi connectivity index (χ2n) is 6.92. The molecule has 132 valence electrons. The number of aromatic nitrogens is 2. The Morgan fingerprint density at radius 1 is 1.12 bits per heavy atom. The lowest BCUT2D eigenvalue weighted by Gasteiger charge is -2.08. The lowest BCUT2D eigenvalue weighted by Crippen LogP contribution is -2.04. The Hall–Kier alpha value is -2.57. The summed E-state index contributed by atoms with van der Waals surface area (Å²) in [4.78, 5) is 0. The quantitative estimate of drug-likeness (QED) is 0.582. The van der Waals surface area contributed by atoms with Crippen molar-refractivity contribution in [3.8, 4) is 17.3 Å². The summed E-state index contributed by atoms with van der Waals surface area (Å²) in [5.41, 5.74) is 7.16. The van der Waals surface area contributed by atoms with Crippen LogP contribution < -0.4 is 0 Å². The van der Waals surface area contributed by atoms with Crippen molar-refractivity contribution >= 4 is 11.6 Å². The predicted molar refractivity (Wildman–Crippen MR) is 106 cm³/mol. The maximum atomic E-state index is 9.05. The van der Waals surface area contributed by atoms with E-state index in [2.05, 4.69) is 58.0 Å². The van der Waals surface area contributed by atoms with E-state index >= 15 is 0 Å². The molecule has 0 bridgehead atoms. The summed E-state index contributed by atoms with van der Waals surface area (Å²) in [6, 6.07) is 16.3. The smallest absolute Gasteiger partial charge is 0.101 e. The Balaban J connectivity index is 1.92. The van der Waals surface area contributed by atoms with Crippen LogP contribution in [0.1, 0.15) is 47.7 Å². The first-order valence-corrected chi connectivity index (χ1v) is 9.11. The van der Waals surface area contributed by atoms with E-state index in [4.69, 9.17) is 22.0 Å². The Bertz CT molecular complexity index is 976. The standard InChI is InChI=1S/C22H22ClN3/c1-14(2)18-7-5-17(6-8-18)13-26-16(4)15(3)22(25-26)19-9-10-20(12-24)21(23)11-19/h5-11,14H,13H2,1-4H3. The molecule has 0 saturated carbocycles. The molecule has 0 radical (unpaired) electrons. The van der Waals surface area contributed by atoms with E-state index in [1.165, 1.54) is 11.1 Å². The Morgan fingerprint density at radius 2 is 1.81 bits per heavy atom. The number of nitrogens with zero attached hydrogens (tertiary/aromatic N) is 3. The fraction of sp³-hybridized carbons (Fsp3) is 0.273. The van der Waals surface area contributed by atoms with Gasteiger partial charge in [0.1, 0.15) is 6.07 Å². The number of hydrogen-bond donors (Lipinski definition) is 0. The molecule has 26 heavy (non-hydrogen) atoms. The van der Waals surface area contributed by atoms with Crippen molar-refractivity contribution < 1.29 is 0 Å². The third-order valence-corrected chi connectivity index (χ3v) is 5.16. The van der Waals surface area contributed by atoms with E-state index in [9.17, 15) is 0 Å². The lowest BCUT2D eigenvalue weighted by atomic mass is 10.0. The average molecular weight is 364 g/mol. The Labute approximate surface area is 159 Å². The van der Waals surface area contributed by atoms with Gasteiger partial charge in [-0.25, -0.2) is 0 Å². The minimum atomic E-state index is 0.459. The van der Waals surface area contributed by atoms with E-state index in [1.807, 2.05) is 16.8 Å². The van der Waals surface area contributed by atoms with Crippen LogP contribution in [0.2, 0.25) is 5.02 Å². The molecule has 0 saturated heterocycles. The summed E-state index contributed by atoms with van der Waals surface area (Å²) in [6.07, 6.45) is 0. The van der Waals surface area contributed by atoms with Gasteiger partial charge in [-0.1, -0.05) is 55.8 Å². The molecule has 0 spiro atoms. The zero-order valence-electron chi connectivity index (χ0n) is 15.5. The lowest BCUT2D eigenvalue weighted by molar-refractivity contribution is 0.666. The van der Waals surface area contributed by atoms with Crippen LogP contribution in [0.5, 0.6) is 0 Å². The zero-order valence-corrected chi connectivity index (χ0v) is 16.3. The first-order valence-electron chi connectivity index (χ1n) is 8.73. The molecule has 0 N–H and O–H groups in total. The van der Waals surface area contributed by atoms with Gasteiger partial charge in [0.2, 0.25) is 0 Å². The summed E-state index contributed by atoms with van der Waals surface area (Å²) in [5.74, 6) is 0.533. The number of benzene rings is 2. The first-order chi connectivity index (χ1) is 12.4. The van der Waals surface area contributed by atoms with Crippen molar-refractivity contribution in [2.24, 2.45) is 0 Å². The highest BCUT2D eigenvalue weighted by atomic mass is 35.5. The average Bonchev–Trinajstić information content (AvgIpc) is 2.90. The van der Waals surface area contributed by atoms with Gasteiger partial charge in [0.25, 0.3) is 0 Å². The number of rotatable bonds is 4. The van der Waals surface area contributed by atoms with Crippen LogP contribution in [-0.4, -0.2) is 9.78 Å². The molecule has 3 rings (SSSR count). The summed E-state index contributed by atoms with van der Waals surface area (Å²) in [6.45, 7) is 9.28. The van der Waals surface area contributed by atoms with Gasteiger partial charge < -0.3 is 0 Å². The van der Waals surface area contributed by atoms with Gasteiger partial charge in [0.15, 0.2) is 0 Å². The molecule has 3 nitrogen and oxygen atoms in total. The monoisotopic (exact) mass is 363 g/mol. The number of hydrogen-bond acceptors (Lipinski definition) is 2.